The first-order chi connectivity index (χ1) is 11.6. The van der Waals surface area contributed by atoms with Crippen LogP contribution in [-0.4, -0.2) is 38.3 Å². The Morgan fingerprint density at radius 3 is 2.75 bits per heavy atom. The molecule has 2 unspecified atom stereocenters. The van der Waals surface area contributed by atoms with Gasteiger partial charge in [-0.15, -0.1) is 0 Å². The van der Waals surface area contributed by atoms with Crippen molar-refractivity contribution in [3.63, 3.8) is 0 Å². The summed E-state index contributed by atoms with van der Waals surface area (Å²) in [7, 11) is 0. The standard InChI is InChI=1S/C19H25N3O2/c1-14(2)22-17(10-11-20-22)19(24)21-12-6-9-16(21)13-18(23)15-7-4-3-5-8-15/h3-5,7-8,10-11,14,16,18,23H,6,9,12-13H2,1-2H3. The molecule has 5 nitrogen and oxygen atoms in total. The molecule has 0 saturated carbocycles. The van der Waals surface area contributed by atoms with Crippen molar-refractivity contribution in [1.82, 2.24) is 14.7 Å². The summed E-state index contributed by atoms with van der Waals surface area (Å²) in [6.07, 6.45) is 3.63. The fourth-order valence-corrected chi connectivity index (χ4v) is 3.46. The Labute approximate surface area is 142 Å². The highest BCUT2D eigenvalue weighted by Crippen LogP contribution is 2.28. The van der Waals surface area contributed by atoms with Crippen LogP contribution in [0, 0.1) is 0 Å². The van der Waals surface area contributed by atoms with Crippen molar-refractivity contribution >= 4 is 5.91 Å². The van der Waals surface area contributed by atoms with Gasteiger partial charge in [-0.05, 0) is 44.7 Å². The van der Waals surface area contributed by atoms with Gasteiger partial charge in [-0.2, -0.15) is 5.10 Å². The van der Waals surface area contributed by atoms with E-state index in [-0.39, 0.29) is 18.0 Å². The normalized spacial score (nSPS) is 19.0. The highest BCUT2D eigenvalue weighted by atomic mass is 16.3. The van der Waals surface area contributed by atoms with E-state index < -0.39 is 6.10 Å². The number of rotatable bonds is 5. The fourth-order valence-electron chi connectivity index (χ4n) is 3.46. The van der Waals surface area contributed by atoms with Gasteiger partial charge in [0.15, 0.2) is 0 Å². The molecule has 24 heavy (non-hydrogen) atoms. The average molecular weight is 327 g/mol. The molecule has 0 aliphatic carbocycles. The van der Waals surface area contributed by atoms with Crippen molar-refractivity contribution < 1.29 is 9.90 Å². The predicted molar refractivity (Wildman–Crippen MR) is 92.7 cm³/mol. The number of amides is 1. The average Bonchev–Trinajstić information content (AvgIpc) is 3.24. The monoisotopic (exact) mass is 327 g/mol. The van der Waals surface area contributed by atoms with Crippen LogP contribution < -0.4 is 0 Å². The lowest BCUT2D eigenvalue weighted by Gasteiger charge is -2.27. The smallest absolute Gasteiger partial charge is 0.272 e. The van der Waals surface area contributed by atoms with Gasteiger partial charge in [-0.25, -0.2) is 0 Å². The summed E-state index contributed by atoms with van der Waals surface area (Å²) in [4.78, 5) is 14.9. The summed E-state index contributed by atoms with van der Waals surface area (Å²) in [6.45, 7) is 4.78. The van der Waals surface area contributed by atoms with Crippen molar-refractivity contribution in [2.75, 3.05) is 6.54 Å². The number of aliphatic hydroxyl groups is 1. The molecule has 1 aromatic carbocycles. The number of hydrogen-bond acceptors (Lipinski definition) is 3. The first kappa shape index (κ1) is 16.7. The number of aliphatic hydroxyl groups excluding tert-OH is 1. The number of benzene rings is 1. The molecule has 0 radical (unpaired) electrons. The Balaban J connectivity index is 1.73. The number of aromatic nitrogens is 2. The lowest BCUT2D eigenvalue weighted by Crippen LogP contribution is -2.37. The van der Waals surface area contributed by atoms with Gasteiger partial charge in [0.05, 0.1) is 6.10 Å². The molecule has 0 bridgehead atoms. The molecule has 1 amide bonds. The lowest BCUT2D eigenvalue weighted by atomic mass is 10.0. The van der Waals surface area contributed by atoms with Crippen molar-refractivity contribution in [1.29, 1.82) is 0 Å². The van der Waals surface area contributed by atoms with Gasteiger partial charge in [0.1, 0.15) is 5.69 Å². The third-order valence-corrected chi connectivity index (χ3v) is 4.70. The number of carbonyl (C=O) groups is 1. The number of hydrogen-bond donors (Lipinski definition) is 1. The molecule has 0 spiro atoms. The molecule has 1 aliphatic heterocycles. The Morgan fingerprint density at radius 1 is 1.29 bits per heavy atom. The van der Waals surface area contributed by atoms with E-state index in [1.54, 1.807) is 16.9 Å². The molecule has 5 heteroatoms. The summed E-state index contributed by atoms with van der Waals surface area (Å²) < 4.78 is 1.77. The fraction of sp³-hybridized carbons (Fsp3) is 0.474. The Morgan fingerprint density at radius 2 is 2.04 bits per heavy atom. The molecule has 1 saturated heterocycles. The van der Waals surface area contributed by atoms with Crippen LogP contribution in [0.15, 0.2) is 42.6 Å². The van der Waals surface area contributed by atoms with E-state index in [0.717, 1.165) is 24.9 Å². The van der Waals surface area contributed by atoms with E-state index in [2.05, 4.69) is 5.10 Å². The van der Waals surface area contributed by atoms with Gasteiger partial charge in [0.2, 0.25) is 0 Å². The number of likely N-dealkylation sites (tertiary alicyclic amines) is 1. The summed E-state index contributed by atoms with van der Waals surface area (Å²) in [5, 5.41) is 14.8. The molecule has 2 aromatic rings. The van der Waals surface area contributed by atoms with Gasteiger partial charge in [-0.1, -0.05) is 30.3 Å². The maximum atomic E-state index is 12.9. The van der Waals surface area contributed by atoms with Gasteiger partial charge < -0.3 is 10.0 Å². The van der Waals surface area contributed by atoms with Crippen molar-refractivity contribution in [2.45, 2.75) is 51.3 Å². The highest BCUT2D eigenvalue weighted by Gasteiger charge is 2.32. The van der Waals surface area contributed by atoms with E-state index in [9.17, 15) is 9.90 Å². The highest BCUT2D eigenvalue weighted by molar-refractivity contribution is 5.93. The number of nitrogens with zero attached hydrogens (tertiary/aromatic N) is 3. The minimum atomic E-state index is -0.542. The van der Waals surface area contributed by atoms with Crippen LogP contribution in [0.25, 0.3) is 0 Å². The zero-order chi connectivity index (χ0) is 17.1. The predicted octanol–water partition coefficient (Wildman–Crippen LogP) is 3.19. The summed E-state index contributed by atoms with van der Waals surface area (Å²) in [5.74, 6) is 0.0176. The second-order valence-electron chi connectivity index (χ2n) is 6.71. The summed E-state index contributed by atoms with van der Waals surface area (Å²) >= 11 is 0. The van der Waals surface area contributed by atoms with Crippen LogP contribution in [0.3, 0.4) is 0 Å². The molecule has 128 valence electrons. The minimum Gasteiger partial charge on any atom is -0.388 e. The second kappa shape index (κ2) is 7.18. The largest absolute Gasteiger partial charge is 0.388 e. The Bertz CT molecular complexity index is 681. The molecular formula is C19H25N3O2. The Hall–Kier alpha value is -2.14. The van der Waals surface area contributed by atoms with Crippen LogP contribution in [-0.2, 0) is 0 Å². The second-order valence-corrected chi connectivity index (χ2v) is 6.71. The zero-order valence-corrected chi connectivity index (χ0v) is 14.3. The quantitative estimate of drug-likeness (QED) is 0.917. The third kappa shape index (κ3) is 3.36. The van der Waals surface area contributed by atoms with E-state index in [1.165, 1.54) is 0 Å². The molecule has 1 aliphatic rings. The lowest BCUT2D eigenvalue weighted by molar-refractivity contribution is 0.0653. The van der Waals surface area contributed by atoms with E-state index >= 15 is 0 Å². The topological polar surface area (TPSA) is 58.4 Å². The van der Waals surface area contributed by atoms with Gasteiger partial charge in [-0.3, -0.25) is 9.48 Å². The first-order valence-electron chi connectivity index (χ1n) is 8.65. The molecule has 1 aromatic heterocycles. The van der Waals surface area contributed by atoms with Crippen molar-refractivity contribution in [3.8, 4) is 0 Å². The van der Waals surface area contributed by atoms with Crippen LogP contribution in [0.2, 0.25) is 0 Å². The van der Waals surface area contributed by atoms with E-state index in [0.29, 0.717) is 12.1 Å². The van der Waals surface area contributed by atoms with Crippen LogP contribution in [0.5, 0.6) is 0 Å². The van der Waals surface area contributed by atoms with Gasteiger partial charge >= 0.3 is 0 Å². The third-order valence-electron chi connectivity index (χ3n) is 4.70. The maximum Gasteiger partial charge on any atom is 0.272 e. The maximum absolute atomic E-state index is 12.9. The Kier molecular flexibility index (Phi) is 5.00. The molecule has 2 heterocycles. The van der Waals surface area contributed by atoms with E-state index in [4.69, 9.17) is 0 Å². The van der Waals surface area contributed by atoms with Crippen LogP contribution >= 0.6 is 0 Å². The molecule has 1 fully saturated rings. The van der Waals surface area contributed by atoms with Gasteiger partial charge in [0.25, 0.3) is 5.91 Å². The van der Waals surface area contributed by atoms with Crippen LogP contribution in [0.1, 0.15) is 61.3 Å². The molecular weight excluding hydrogens is 302 g/mol. The summed E-state index contributed by atoms with van der Waals surface area (Å²) in [6, 6.07) is 11.7. The number of carbonyl (C=O) groups excluding carboxylic acids is 1. The van der Waals surface area contributed by atoms with E-state index in [1.807, 2.05) is 49.1 Å². The molecule has 3 rings (SSSR count). The van der Waals surface area contributed by atoms with Gasteiger partial charge in [0, 0.05) is 24.8 Å². The first-order valence-corrected chi connectivity index (χ1v) is 8.65. The zero-order valence-electron chi connectivity index (χ0n) is 14.3. The minimum absolute atomic E-state index is 0.0176. The van der Waals surface area contributed by atoms with Crippen molar-refractivity contribution in [2.24, 2.45) is 0 Å². The SMILES string of the molecule is CC(C)n1nccc1C(=O)N1CCCC1CC(O)c1ccccc1. The van der Waals surface area contributed by atoms with Crippen molar-refractivity contribution in [3.05, 3.63) is 53.9 Å². The molecule has 1 N–H and O–H groups in total. The summed E-state index contributed by atoms with van der Waals surface area (Å²) in [5.41, 5.74) is 1.54. The molecule has 2 atom stereocenters. The van der Waals surface area contributed by atoms with Crippen LogP contribution in [0.4, 0.5) is 0 Å².